The van der Waals surface area contributed by atoms with Crippen molar-refractivity contribution in [3.05, 3.63) is 17.1 Å². The number of nitrogen functional groups attached to an aromatic ring is 1. The van der Waals surface area contributed by atoms with Crippen LogP contribution in [0.25, 0.3) is 0 Å². The van der Waals surface area contributed by atoms with Gasteiger partial charge < -0.3 is 21.0 Å². The Morgan fingerprint density at radius 3 is 2.77 bits per heavy atom. The molecular weight excluding hydrogens is 456 g/mol. The zero-order valence-corrected chi connectivity index (χ0v) is 18.1. The van der Waals surface area contributed by atoms with Crippen LogP contribution < -0.4 is 11.1 Å². The summed E-state index contributed by atoms with van der Waals surface area (Å²) >= 11 is 3.14. The van der Waals surface area contributed by atoms with Crippen molar-refractivity contribution < 1.29 is 29.1 Å². The number of hydrogen-bond acceptors (Lipinski definition) is 12. The van der Waals surface area contributed by atoms with E-state index in [1.165, 1.54) is 25.8 Å². The highest BCUT2D eigenvalue weighted by Gasteiger charge is 2.54. The second-order valence-corrected chi connectivity index (χ2v) is 9.02. The van der Waals surface area contributed by atoms with Crippen LogP contribution in [0.1, 0.15) is 12.7 Å². The zero-order chi connectivity index (χ0) is 22.0. The van der Waals surface area contributed by atoms with Gasteiger partial charge in [0.25, 0.3) is 11.8 Å². The Balaban J connectivity index is 1.77. The summed E-state index contributed by atoms with van der Waals surface area (Å²) in [5.74, 6) is -2.16. The summed E-state index contributed by atoms with van der Waals surface area (Å²) in [6.45, 7) is 1.38. The van der Waals surface area contributed by atoms with Crippen LogP contribution in [-0.4, -0.2) is 78.0 Å². The number of carboxylic acid groups (broad SMARTS) is 1. The molecule has 0 radical (unpaired) electrons. The number of carbonyl (C=O) groups is 4. The zero-order valence-electron chi connectivity index (χ0n) is 15.6. The number of fused-ring (bicyclic) bond motifs is 1. The molecule has 1 fully saturated rings. The third-order valence-corrected chi connectivity index (χ3v) is 6.82. The van der Waals surface area contributed by atoms with Crippen LogP contribution in [0.5, 0.6) is 0 Å². The predicted octanol–water partition coefficient (Wildman–Crippen LogP) is -0.511. The van der Waals surface area contributed by atoms with Gasteiger partial charge in [-0.3, -0.25) is 19.3 Å². The number of aromatic nitrogens is 2. The molecule has 1 unspecified atom stereocenters. The fourth-order valence-electron chi connectivity index (χ4n) is 2.80. The Morgan fingerprint density at radius 1 is 1.47 bits per heavy atom. The van der Waals surface area contributed by atoms with Gasteiger partial charge in [0.1, 0.15) is 24.2 Å². The number of carbonyl (C=O) groups excluding carboxylic acids is 3. The molecule has 3 heterocycles. The van der Waals surface area contributed by atoms with Crippen molar-refractivity contribution in [2.45, 2.75) is 18.3 Å². The number of thioether (sulfide) groups is 2. The molecule has 4 N–H and O–H groups in total. The van der Waals surface area contributed by atoms with E-state index < -0.39 is 29.2 Å². The Hall–Kier alpha value is -2.65. The SMILES string of the molecule is CO/N=C(/C(=O)NC1C(=O)N2C(C(=O)O)=C(CSC(C)=O)CS[C@H]12)c1nsc(N)n1. The number of oxime groups is 1. The van der Waals surface area contributed by atoms with Gasteiger partial charge >= 0.3 is 5.97 Å². The Kier molecular flexibility index (Phi) is 6.62. The van der Waals surface area contributed by atoms with Gasteiger partial charge in [0, 0.05) is 30.0 Å². The number of nitrogens with one attached hydrogen (secondary N) is 1. The van der Waals surface area contributed by atoms with E-state index in [0.717, 1.165) is 28.2 Å². The van der Waals surface area contributed by atoms with E-state index in [1.807, 2.05) is 0 Å². The summed E-state index contributed by atoms with van der Waals surface area (Å²) < 4.78 is 3.91. The van der Waals surface area contributed by atoms with E-state index in [9.17, 15) is 24.3 Å². The molecule has 0 spiro atoms. The van der Waals surface area contributed by atoms with Crippen molar-refractivity contribution >= 4 is 68.8 Å². The maximum Gasteiger partial charge on any atom is 0.352 e. The van der Waals surface area contributed by atoms with E-state index in [0.29, 0.717) is 11.3 Å². The molecule has 2 atom stereocenters. The molecule has 1 saturated heterocycles. The van der Waals surface area contributed by atoms with Crippen molar-refractivity contribution in [3.63, 3.8) is 0 Å². The summed E-state index contributed by atoms with van der Waals surface area (Å²) in [4.78, 5) is 57.9. The molecule has 1 aromatic rings. The summed E-state index contributed by atoms with van der Waals surface area (Å²) in [6.07, 6.45) is 0. The van der Waals surface area contributed by atoms with E-state index in [2.05, 4.69) is 24.7 Å². The minimum Gasteiger partial charge on any atom is -0.477 e. The quantitative estimate of drug-likeness (QED) is 0.264. The molecule has 0 saturated carbocycles. The summed E-state index contributed by atoms with van der Waals surface area (Å²) in [6, 6.07) is -0.961. The number of carboxylic acids is 1. The second kappa shape index (κ2) is 9.01. The number of β-lactam (4-membered cyclic amide) rings is 1. The number of nitrogens with zero attached hydrogens (tertiary/aromatic N) is 4. The third-order valence-electron chi connectivity index (χ3n) is 4.04. The lowest BCUT2D eigenvalue weighted by atomic mass is 10.0. The van der Waals surface area contributed by atoms with Crippen LogP contribution >= 0.6 is 35.1 Å². The van der Waals surface area contributed by atoms with Crippen LogP contribution in [0.2, 0.25) is 0 Å². The first kappa shape index (κ1) is 22.0. The van der Waals surface area contributed by atoms with Gasteiger partial charge in [-0.05, 0) is 5.57 Å². The number of aliphatic carboxylic acids is 1. The molecule has 12 nitrogen and oxygen atoms in total. The lowest BCUT2D eigenvalue weighted by Gasteiger charge is -2.49. The molecule has 0 aromatic carbocycles. The lowest BCUT2D eigenvalue weighted by molar-refractivity contribution is -0.150. The fourth-order valence-corrected chi connectivity index (χ4v) is 5.33. The summed E-state index contributed by atoms with van der Waals surface area (Å²) in [5, 5.41) is 15.1. The van der Waals surface area contributed by atoms with Crippen LogP contribution in [0.3, 0.4) is 0 Å². The smallest absolute Gasteiger partial charge is 0.352 e. The molecule has 2 aliphatic rings. The topological polar surface area (TPSA) is 177 Å². The number of rotatable bonds is 7. The molecule has 160 valence electrons. The van der Waals surface area contributed by atoms with Crippen LogP contribution in [0.4, 0.5) is 5.13 Å². The van der Waals surface area contributed by atoms with Gasteiger partial charge in [0.2, 0.25) is 11.5 Å². The monoisotopic (exact) mass is 472 g/mol. The van der Waals surface area contributed by atoms with Gasteiger partial charge in [-0.25, -0.2) is 4.79 Å². The van der Waals surface area contributed by atoms with Gasteiger partial charge in [-0.2, -0.15) is 9.36 Å². The normalized spacial score (nSPS) is 21.1. The van der Waals surface area contributed by atoms with Crippen LogP contribution in [0.15, 0.2) is 16.4 Å². The van der Waals surface area contributed by atoms with Crippen molar-refractivity contribution in [3.8, 4) is 0 Å². The largest absolute Gasteiger partial charge is 0.477 e. The summed E-state index contributed by atoms with van der Waals surface area (Å²) in [5.41, 5.74) is 5.60. The molecule has 1 aromatic heterocycles. The molecule has 0 aliphatic carbocycles. The minimum atomic E-state index is -1.26. The maximum absolute atomic E-state index is 12.7. The first-order chi connectivity index (χ1) is 14.2. The lowest BCUT2D eigenvalue weighted by Crippen LogP contribution is -2.71. The Morgan fingerprint density at radius 2 is 2.20 bits per heavy atom. The molecular formula is C15H16N6O6S3. The molecule has 3 rings (SSSR count). The standard InChI is InChI=1S/C15H16N6O6S3/c1-5(22)28-3-6-4-29-13-8(12(24)21(13)9(6)14(25)26)17-11(23)7(19-27-2)10-18-15(16)30-20-10/h8,13H,3-4H2,1-2H3,(H,17,23)(H,25,26)(H2,16,18,20)/b19-7+/t8?,13-/m1/s1. The summed E-state index contributed by atoms with van der Waals surface area (Å²) in [7, 11) is 1.24. The molecule has 15 heteroatoms. The highest BCUT2D eigenvalue weighted by molar-refractivity contribution is 8.13. The average molecular weight is 473 g/mol. The molecule has 2 amide bonds. The van der Waals surface area contributed by atoms with E-state index in [4.69, 9.17) is 5.73 Å². The molecule has 0 bridgehead atoms. The van der Waals surface area contributed by atoms with Crippen molar-refractivity contribution in [2.75, 3.05) is 24.3 Å². The van der Waals surface area contributed by atoms with E-state index in [1.54, 1.807) is 0 Å². The van der Waals surface area contributed by atoms with Crippen molar-refractivity contribution in [1.82, 2.24) is 19.6 Å². The predicted molar refractivity (Wildman–Crippen MR) is 111 cm³/mol. The fraction of sp³-hybridized carbons (Fsp3) is 0.400. The Labute approximate surface area is 182 Å². The highest BCUT2D eigenvalue weighted by atomic mass is 32.2. The van der Waals surface area contributed by atoms with E-state index in [-0.39, 0.29) is 33.2 Å². The number of nitrogens with two attached hydrogens (primary N) is 1. The van der Waals surface area contributed by atoms with Crippen molar-refractivity contribution in [1.29, 1.82) is 0 Å². The first-order valence-electron chi connectivity index (χ1n) is 8.29. The van der Waals surface area contributed by atoms with Gasteiger partial charge in [0.05, 0.1) is 0 Å². The number of amides is 2. The van der Waals surface area contributed by atoms with Gasteiger partial charge in [-0.1, -0.05) is 16.9 Å². The number of anilines is 1. The maximum atomic E-state index is 12.7. The highest BCUT2D eigenvalue weighted by Crippen LogP contribution is 2.41. The van der Waals surface area contributed by atoms with Gasteiger partial charge in [-0.15, -0.1) is 11.8 Å². The minimum absolute atomic E-state index is 0.0496. The van der Waals surface area contributed by atoms with Gasteiger partial charge in [0.15, 0.2) is 10.2 Å². The molecule has 2 aliphatic heterocycles. The van der Waals surface area contributed by atoms with Crippen molar-refractivity contribution in [2.24, 2.45) is 5.16 Å². The first-order valence-corrected chi connectivity index (χ1v) is 11.1. The number of hydrogen-bond donors (Lipinski definition) is 3. The average Bonchev–Trinajstić information content (AvgIpc) is 3.13. The third kappa shape index (κ3) is 4.27. The van der Waals surface area contributed by atoms with Crippen LogP contribution in [0, 0.1) is 0 Å². The van der Waals surface area contributed by atoms with E-state index >= 15 is 0 Å². The molecule has 30 heavy (non-hydrogen) atoms. The van der Waals surface area contributed by atoms with Crippen LogP contribution in [-0.2, 0) is 24.0 Å². The second-order valence-electron chi connectivity index (χ2n) is 5.98. The Bertz CT molecular complexity index is 976.